The second-order valence-corrected chi connectivity index (χ2v) is 14.2. The van der Waals surface area contributed by atoms with Crippen molar-refractivity contribution in [2.45, 2.75) is 50.3 Å². The van der Waals surface area contributed by atoms with E-state index < -0.39 is 31.8 Å². The molecule has 2 atom stereocenters. The van der Waals surface area contributed by atoms with E-state index in [1.54, 1.807) is 32.2 Å². The number of aromatic nitrogens is 2. The molecule has 2 aromatic heterocycles. The Balaban J connectivity index is 1.35. The van der Waals surface area contributed by atoms with Crippen LogP contribution in [0.3, 0.4) is 0 Å². The van der Waals surface area contributed by atoms with Gasteiger partial charge in [-0.15, -0.1) is 0 Å². The summed E-state index contributed by atoms with van der Waals surface area (Å²) in [6, 6.07) is 17.1. The summed E-state index contributed by atoms with van der Waals surface area (Å²) in [4.78, 5) is 26.0. The number of rotatable bonds is 15. The first kappa shape index (κ1) is 30.5. The van der Waals surface area contributed by atoms with Gasteiger partial charge in [-0.1, -0.05) is 50.2 Å². The predicted octanol–water partition coefficient (Wildman–Crippen LogP) is 3.76. The Morgan fingerprint density at radius 3 is 1.80 bits per heavy atom. The smallest absolute Gasteiger partial charge is 0.235 e. The monoisotopic (exact) mass is 598 g/mol. The zero-order chi connectivity index (χ0) is 29.5. The molecular formula is C29H34N4O6S2. The molecule has 2 heterocycles. The normalized spacial score (nSPS) is 13.7. The van der Waals surface area contributed by atoms with Crippen molar-refractivity contribution in [3.8, 4) is 0 Å². The van der Waals surface area contributed by atoms with Crippen LogP contribution in [0.15, 0.2) is 73.1 Å². The molecule has 0 saturated heterocycles. The SMILES string of the molecule is CC[C@@H](CS(=O)(=O)Cc1cnc2ccccc2c1)NON(C=O)[C@@H](CC)CS(=O)(=O)Cc1cnc2ccccc2c1. The molecule has 0 radical (unpaired) electrons. The van der Waals surface area contributed by atoms with Crippen molar-refractivity contribution in [2.24, 2.45) is 0 Å². The van der Waals surface area contributed by atoms with Crippen LogP contribution < -0.4 is 5.48 Å². The molecule has 4 rings (SSSR count). The average Bonchev–Trinajstić information content (AvgIpc) is 2.95. The maximum atomic E-state index is 13.0. The van der Waals surface area contributed by atoms with Gasteiger partial charge in [0.1, 0.15) is 0 Å². The van der Waals surface area contributed by atoms with Gasteiger partial charge >= 0.3 is 0 Å². The maximum Gasteiger partial charge on any atom is 0.235 e. The summed E-state index contributed by atoms with van der Waals surface area (Å²) < 4.78 is 52.0. The number of carbonyl (C=O) groups is 1. The van der Waals surface area contributed by atoms with Gasteiger partial charge in [0.15, 0.2) is 19.7 Å². The van der Waals surface area contributed by atoms with Crippen molar-refractivity contribution in [1.29, 1.82) is 0 Å². The lowest BCUT2D eigenvalue weighted by Gasteiger charge is -2.27. The van der Waals surface area contributed by atoms with Crippen LogP contribution >= 0.6 is 0 Å². The maximum absolute atomic E-state index is 13.0. The van der Waals surface area contributed by atoms with E-state index in [9.17, 15) is 21.6 Å². The minimum atomic E-state index is -3.64. The highest BCUT2D eigenvalue weighted by Crippen LogP contribution is 2.18. The third-order valence-corrected chi connectivity index (χ3v) is 10.1. The Labute approximate surface area is 240 Å². The van der Waals surface area contributed by atoms with Gasteiger partial charge in [0, 0.05) is 29.2 Å². The van der Waals surface area contributed by atoms with Gasteiger partial charge in [-0.25, -0.2) is 21.9 Å². The van der Waals surface area contributed by atoms with Crippen LogP contribution in [-0.4, -0.2) is 61.9 Å². The van der Waals surface area contributed by atoms with Gasteiger partial charge in [-0.2, -0.15) is 10.4 Å². The summed E-state index contributed by atoms with van der Waals surface area (Å²) in [7, 11) is -7.21. The molecule has 10 nitrogen and oxygen atoms in total. The first-order valence-electron chi connectivity index (χ1n) is 13.4. The summed E-state index contributed by atoms with van der Waals surface area (Å²) >= 11 is 0. The highest BCUT2D eigenvalue weighted by Gasteiger charge is 2.26. The van der Waals surface area contributed by atoms with Crippen LogP contribution in [-0.2, 0) is 40.9 Å². The largest absolute Gasteiger partial charge is 0.276 e. The topological polar surface area (TPSA) is 136 Å². The van der Waals surface area contributed by atoms with Gasteiger partial charge in [0.2, 0.25) is 6.41 Å². The van der Waals surface area contributed by atoms with Gasteiger partial charge in [-0.3, -0.25) is 14.8 Å². The fraction of sp³-hybridized carbons (Fsp3) is 0.345. The Morgan fingerprint density at radius 1 is 0.805 bits per heavy atom. The van der Waals surface area contributed by atoms with Gasteiger partial charge in [0.05, 0.1) is 40.1 Å². The third-order valence-electron chi connectivity index (χ3n) is 6.72. The third kappa shape index (κ3) is 8.52. The van der Waals surface area contributed by atoms with Gasteiger partial charge in [-0.05, 0) is 48.2 Å². The zero-order valence-corrected chi connectivity index (χ0v) is 24.6. The number of sulfone groups is 2. The number of hydroxylamine groups is 3. The number of para-hydroxylation sites is 2. The van der Waals surface area contributed by atoms with Crippen LogP contribution in [0.1, 0.15) is 37.8 Å². The molecule has 1 amide bonds. The molecule has 12 heteroatoms. The molecule has 0 unspecified atom stereocenters. The highest BCUT2D eigenvalue weighted by atomic mass is 32.2. The molecule has 0 aliphatic heterocycles. The molecule has 2 aromatic carbocycles. The number of nitrogens with one attached hydrogen (secondary N) is 1. The van der Waals surface area contributed by atoms with Crippen molar-refractivity contribution >= 4 is 47.9 Å². The Bertz CT molecular complexity index is 1710. The van der Waals surface area contributed by atoms with Crippen molar-refractivity contribution in [2.75, 3.05) is 11.5 Å². The van der Waals surface area contributed by atoms with Crippen molar-refractivity contribution in [3.05, 3.63) is 84.2 Å². The number of carbonyl (C=O) groups excluding carboxylic acids is 1. The second kappa shape index (κ2) is 13.5. The lowest BCUT2D eigenvalue weighted by Crippen LogP contribution is -2.46. The van der Waals surface area contributed by atoms with E-state index in [4.69, 9.17) is 4.94 Å². The summed E-state index contributed by atoms with van der Waals surface area (Å²) in [6.07, 6.45) is 4.19. The van der Waals surface area contributed by atoms with E-state index in [-0.39, 0.29) is 23.0 Å². The van der Waals surface area contributed by atoms with E-state index >= 15 is 0 Å². The lowest BCUT2D eigenvalue weighted by molar-refractivity contribution is -0.221. The molecular weight excluding hydrogens is 564 g/mol. The van der Waals surface area contributed by atoms with Crippen molar-refractivity contribution in [3.63, 3.8) is 0 Å². The molecule has 4 aromatic rings. The Kier molecular flexibility index (Phi) is 10.0. The summed E-state index contributed by atoms with van der Waals surface area (Å²) in [5.74, 6) is -1.01. The second-order valence-electron chi connectivity index (χ2n) is 10.0. The van der Waals surface area contributed by atoms with Crippen LogP contribution in [0.2, 0.25) is 0 Å². The van der Waals surface area contributed by atoms with E-state index in [0.29, 0.717) is 30.4 Å². The van der Waals surface area contributed by atoms with Gasteiger partial charge < -0.3 is 0 Å². The predicted molar refractivity (Wildman–Crippen MR) is 159 cm³/mol. The van der Waals surface area contributed by atoms with E-state index in [1.807, 2.05) is 48.5 Å². The van der Waals surface area contributed by atoms with Crippen LogP contribution in [0, 0.1) is 0 Å². The standard InChI is InChI=1S/C29H34N4O6S2/c1-3-26(19-40(35,36)17-22-13-24-9-5-7-11-28(24)30-15-22)32-39-33(21-34)27(4-2)20-41(37,38)18-23-14-25-10-6-8-12-29(25)31-16-23/h5-16,21,26-27,32H,3-4,17-20H2,1-2H3/t26-,27-/m0/s1. The number of amides is 1. The number of pyridine rings is 2. The minimum Gasteiger partial charge on any atom is -0.276 e. The number of hydrogen-bond donors (Lipinski definition) is 1. The number of hydrogen-bond acceptors (Lipinski definition) is 9. The van der Waals surface area contributed by atoms with Crippen molar-refractivity contribution < 1.29 is 26.6 Å². The molecule has 0 fully saturated rings. The number of benzene rings is 2. The Morgan fingerprint density at radius 2 is 1.32 bits per heavy atom. The molecule has 0 aliphatic rings. The highest BCUT2D eigenvalue weighted by molar-refractivity contribution is 7.90. The Hall–Kier alpha value is -3.45. The summed E-state index contributed by atoms with van der Waals surface area (Å²) in [5.41, 5.74) is 5.34. The molecule has 1 N–H and O–H groups in total. The molecule has 41 heavy (non-hydrogen) atoms. The summed E-state index contributed by atoms with van der Waals surface area (Å²) in [6.45, 7) is 3.54. The molecule has 0 spiro atoms. The molecule has 0 bridgehead atoms. The number of fused-ring (bicyclic) bond motifs is 2. The van der Waals surface area contributed by atoms with Crippen LogP contribution in [0.4, 0.5) is 0 Å². The first-order chi connectivity index (χ1) is 19.6. The van der Waals surface area contributed by atoms with E-state index in [1.165, 1.54) is 6.20 Å². The van der Waals surface area contributed by atoms with E-state index in [2.05, 4.69) is 15.4 Å². The summed E-state index contributed by atoms with van der Waals surface area (Å²) in [5, 5.41) is 2.60. The lowest BCUT2D eigenvalue weighted by atomic mass is 10.2. The van der Waals surface area contributed by atoms with Gasteiger partial charge in [0.25, 0.3) is 0 Å². The van der Waals surface area contributed by atoms with Crippen LogP contribution in [0.5, 0.6) is 0 Å². The number of nitrogens with zero attached hydrogens (tertiary/aromatic N) is 3. The average molecular weight is 599 g/mol. The minimum absolute atomic E-state index is 0.195. The zero-order valence-electron chi connectivity index (χ0n) is 23.0. The first-order valence-corrected chi connectivity index (χ1v) is 17.0. The fourth-order valence-corrected chi connectivity index (χ4v) is 7.99. The quantitative estimate of drug-likeness (QED) is 0.160. The molecule has 0 aliphatic carbocycles. The van der Waals surface area contributed by atoms with Crippen molar-refractivity contribution in [1.82, 2.24) is 20.5 Å². The molecule has 0 saturated carbocycles. The van der Waals surface area contributed by atoms with Crippen LogP contribution in [0.25, 0.3) is 21.8 Å². The van der Waals surface area contributed by atoms with E-state index in [0.717, 1.165) is 26.9 Å². The fourth-order valence-electron chi connectivity index (χ4n) is 4.54. The molecule has 218 valence electrons.